The van der Waals surface area contributed by atoms with Crippen LogP contribution in [0.5, 0.6) is 0 Å². The average Bonchev–Trinajstić information content (AvgIpc) is 3.61. The Hall–Kier alpha value is -1.68. The zero-order chi connectivity index (χ0) is 24.2. The van der Waals surface area contributed by atoms with E-state index in [1.807, 2.05) is 0 Å². The molecule has 9 nitrogen and oxygen atoms in total. The van der Waals surface area contributed by atoms with Gasteiger partial charge in [0, 0.05) is 7.11 Å². The van der Waals surface area contributed by atoms with Crippen LogP contribution in [0.1, 0.15) is 53.9 Å². The SMILES string of the molecule is CO[C@@H]1[C@H](OC(=O)N2CC(OC(C)(C)C(=O)O)C2)CC[C@]2(CO2)[C@H]1[C@@]1(C)OC1CC=C(C)C. The largest absolute Gasteiger partial charge is 0.479 e. The molecule has 4 fully saturated rings. The summed E-state index contributed by atoms with van der Waals surface area (Å²) in [5.41, 5.74) is -0.686. The molecule has 1 N–H and O–H groups in total. The summed E-state index contributed by atoms with van der Waals surface area (Å²) in [7, 11) is 1.65. The Morgan fingerprint density at radius 1 is 1.27 bits per heavy atom. The number of nitrogens with zero attached hydrogens (tertiary/aromatic N) is 1. The van der Waals surface area contributed by atoms with Crippen molar-refractivity contribution in [3.63, 3.8) is 0 Å². The highest BCUT2D eigenvalue weighted by molar-refractivity contribution is 5.76. The lowest BCUT2D eigenvalue weighted by Gasteiger charge is -2.45. The fourth-order valence-electron chi connectivity index (χ4n) is 5.40. The number of methoxy groups -OCH3 is 1. The van der Waals surface area contributed by atoms with E-state index in [2.05, 4.69) is 26.8 Å². The van der Waals surface area contributed by atoms with Gasteiger partial charge in [0.05, 0.1) is 37.8 Å². The lowest BCUT2D eigenvalue weighted by Crippen LogP contribution is -2.60. The number of epoxide rings is 2. The maximum Gasteiger partial charge on any atom is 0.410 e. The van der Waals surface area contributed by atoms with Gasteiger partial charge in [-0.1, -0.05) is 11.6 Å². The van der Waals surface area contributed by atoms with Gasteiger partial charge in [0.1, 0.15) is 23.4 Å². The number of aliphatic carboxylic acids is 1. The molecule has 3 heterocycles. The molecule has 1 unspecified atom stereocenters. The van der Waals surface area contributed by atoms with E-state index in [0.717, 1.165) is 12.8 Å². The standard InChI is InChI=1S/C24H37NO8/c1-14(2)7-8-17-23(5,33-17)19-18(29-6)16(9-10-24(19)13-30-24)31-21(28)25-11-15(12-25)32-22(3,4)20(26)27/h7,15-19H,8-13H2,1-6H3,(H,26,27)/t16-,17?,18-,19-,23+,24+/m1/s1. The Labute approximate surface area is 195 Å². The van der Waals surface area contributed by atoms with Crippen LogP contribution in [-0.2, 0) is 28.5 Å². The fourth-order valence-corrected chi connectivity index (χ4v) is 5.40. The number of carboxylic acids is 1. The summed E-state index contributed by atoms with van der Waals surface area (Å²) in [6.07, 6.45) is 3.10. The van der Waals surface area contributed by atoms with Crippen LogP contribution in [0.4, 0.5) is 4.79 Å². The summed E-state index contributed by atoms with van der Waals surface area (Å²) < 4.78 is 29.5. The van der Waals surface area contributed by atoms with Gasteiger partial charge in [-0.3, -0.25) is 0 Å². The minimum absolute atomic E-state index is 0.0269. The van der Waals surface area contributed by atoms with Crippen molar-refractivity contribution in [3.05, 3.63) is 11.6 Å². The van der Waals surface area contributed by atoms with Gasteiger partial charge in [0.25, 0.3) is 0 Å². The highest BCUT2D eigenvalue weighted by Gasteiger charge is 2.72. The van der Waals surface area contributed by atoms with Crippen LogP contribution in [0.15, 0.2) is 11.6 Å². The van der Waals surface area contributed by atoms with Crippen molar-refractivity contribution in [1.29, 1.82) is 0 Å². The van der Waals surface area contributed by atoms with Gasteiger partial charge in [-0.25, -0.2) is 9.59 Å². The lowest BCUT2D eigenvalue weighted by molar-refractivity contribution is -0.179. The quantitative estimate of drug-likeness (QED) is 0.429. The molecule has 186 valence electrons. The predicted molar refractivity (Wildman–Crippen MR) is 118 cm³/mol. The van der Waals surface area contributed by atoms with E-state index in [1.54, 1.807) is 7.11 Å². The number of carbonyl (C=O) groups is 2. The number of carboxylic acid groups (broad SMARTS) is 1. The monoisotopic (exact) mass is 467 g/mol. The molecule has 0 aromatic heterocycles. The second-order valence-corrected chi connectivity index (χ2v) is 10.8. The highest BCUT2D eigenvalue weighted by atomic mass is 16.6. The summed E-state index contributed by atoms with van der Waals surface area (Å²) in [5, 5.41) is 9.21. The normalized spacial score (nSPS) is 37.9. The summed E-state index contributed by atoms with van der Waals surface area (Å²) in [4.78, 5) is 25.6. The van der Waals surface area contributed by atoms with Crippen LogP contribution in [-0.4, -0.2) is 90.1 Å². The van der Waals surface area contributed by atoms with Crippen LogP contribution in [0, 0.1) is 5.92 Å². The zero-order valence-electron chi connectivity index (χ0n) is 20.5. The third kappa shape index (κ3) is 4.65. The first-order valence-electron chi connectivity index (χ1n) is 11.8. The van der Waals surface area contributed by atoms with Gasteiger partial charge in [0.2, 0.25) is 0 Å². The number of carbonyl (C=O) groups excluding carboxylic acids is 1. The summed E-state index contributed by atoms with van der Waals surface area (Å²) >= 11 is 0. The molecule has 1 spiro atoms. The maximum absolute atomic E-state index is 12.8. The molecule has 0 radical (unpaired) electrons. The Balaban J connectivity index is 1.37. The van der Waals surface area contributed by atoms with Gasteiger partial charge < -0.3 is 33.7 Å². The number of amides is 1. The van der Waals surface area contributed by atoms with E-state index >= 15 is 0 Å². The van der Waals surface area contributed by atoms with Crippen LogP contribution < -0.4 is 0 Å². The summed E-state index contributed by atoms with van der Waals surface area (Å²) in [5.74, 6) is -1.06. The Kier molecular flexibility index (Phi) is 6.31. The molecule has 6 atom stereocenters. The summed E-state index contributed by atoms with van der Waals surface area (Å²) in [6.45, 7) is 10.6. The van der Waals surface area contributed by atoms with E-state index in [-0.39, 0.29) is 35.4 Å². The van der Waals surface area contributed by atoms with Gasteiger partial charge >= 0.3 is 12.1 Å². The second kappa shape index (κ2) is 8.52. The van der Waals surface area contributed by atoms with Crippen molar-refractivity contribution in [2.24, 2.45) is 5.92 Å². The summed E-state index contributed by atoms with van der Waals surface area (Å²) in [6, 6.07) is 0. The van der Waals surface area contributed by atoms with E-state index in [1.165, 1.54) is 24.3 Å². The number of rotatable bonds is 8. The van der Waals surface area contributed by atoms with Crippen molar-refractivity contribution in [2.75, 3.05) is 26.8 Å². The second-order valence-electron chi connectivity index (χ2n) is 10.8. The number of hydrogen-bond acceptors (Lipinski definition) is 7. The molecule has 33 heavy (non-hydrogen) atoms. The minimum Gasteiger partial charge on any atom is -0.479 e. The first-order valence-corrected chi connectivity index (χ1v) is 11.8. The molecule has 9 heteroatoms. The molecular formula is C24H37NO8. The molecule has 0 aromatic rings. The van der Waals surface area contributed by atoms with E-state index in [4.69, 9.17) is 23.7 Å². The molecule has 1 amide bonds. The van der Waals surface area contributed by atoms with Crippen molar-refractivity contribution >= 4 is 12.1 Å². The van der Waals surface area contributed by atoms with Crippen molar-refractivity contribution in [1.82, 2.24) is 4.90 Å². The van der Waals surface area contributed by atoms with Crippen LogP contribution in [0.25, 0.3) is 0 Å². The van der Waals surface area contributed by atoms with Crippen LogP contribution >= 0.6 is 0 Å². The topological polar surface area (TPSA) is 110 Å². The molecule has 1 saturated carbocycles. The number of likely N-dealkylation sites (tertiary alicyclic amines) is 1. The van der Waals surface area contributed by atoms with E-state index in [9.17, 15) is 14.7 Å². The Morgan fingerprint density at radius 3 is 2.48 bits per heavy atom. The van der Waals surface area contributed by atoms with Crippen LogP contribution in [0.3, 0.4) is 0 Å². The number of allylic oxidation sites excluding steroid dienone is 1. The van der Waals surface area contributed by atoms with Gasteiger partial charge in [-0.05, 0) is 53.9 Å². The molecular weight excluding hydrogens is 430 g/mol. The van der Waals surface area contributed by atoms with Crippen molar-refractivity contribution in [2.45, 2.75) is 95.1 Å². The number of hydrogen-bond donors (Lipinski definition) is 1. The van der Waals surface area contributed by atoms with E-state index < -0.39 is 23.8 Å². The van der Waals surface area contributed by atoms with Crippen molar-refractivity contribution in [3.8, 4) is 0 Å². The smallest absolute Gasteiger partial charge is 0.410 e. The molecule has 0 aromatic carbocycles. The molecule has 1 aliphatic carbocycles. The first-order chi connectivity index (χ1) is 15.4. The highest BCUT2D eigenvalue weighted by Crippen LogP contribution is 2.59. The van der Waals surface area contributed by atoms with Crippen LogP contribution in [0.2, 0.25) is 0 Å². The average molecular weight is 468 g/mol. The third-order valence-electron chi connectivity index (χ3n) is 7.57. The number of ether oxygens (including phenoxy) is 5. The lowest BCUT2D eigenvalue weighted by atomic mass is 9.68. The fraction of sp³-hybridized carbons (Fsp3) is 0.833. The Morgan fingerprint density at radius 2 is 1.94 bits per heavy atom. The maximum atomic E-state index is 12.8. The first kappa shape index (κ1) is 24.4. The van der Waals surface area contributed by atoms with Gasteiger partial charge in [-0.15, -0.1) is 0 Å². The van der Waals surface area contributed by atoms with Crippen molar-refractivity contribution < 1.29 is 38.4 Å². The predicted octanol–water partition coefficient (Wildman–Crippen LogP) is 2.76. The van der Waals surface area contributed by atoms with E-state index in [0.29, 0.717) is 26.1 Å². The Bertz CT molecular complexity index is 811. The molecule has 3 aliphatic heterocycles. The zero-order valence-corrected chi connectivity index (χ0v) is 20.5. The minimum atomic E-state index is -1.29. The van der Waals surface area contributed by atoms with Gasteiger partial charge in [0.15, 0.2) is 5.60 Å². The third-order valence-corrected chi connectivity index (χ3v) is 7.57. The molecule has 3 saturated heterocycles. The van der Waals surface area contributed by atoms with Gasteiger partial charge in [-0.2, -0.15) is 0 Å². The molecule has 4 rings (SSSR count). The molecule has 4 aliphatic rings. The molecule has 0 bridgehead atoms.